The van der Waals surface area contributed by atoms with Crippen molar-refractivity contribution in [3.05, 3.63) is 45.6 Å². The Kier molecular flexibility index (Phi) is 7.49. The summed E-state index contributed by atoms with van der Waals surface area (Å²) in [7, 11) is 0. The van der Waals surface area contributed by atoms with Gasteiger partial charge in [0.1, 0.15) is 5.69 Å². The third-order valence-electron chi connectivity index (χ3n) is 8.12. The van der Waals surface area contributed by atoms with Crippen LogP contribution in [-0.2, 0) is 22.3 Å². The van der Waals surface area contributed by atoms with Crippen LogP contribution in [0.3, 0.4) is 0 Å². The van der Waals surface area contributed by atoms with Crippen LogP contribution < -0.4 is 11.1 Å². The second-order valence-corrected chi connectivity index (χ2v) is 11.9. The molecule has 3 fully saturated rings. The van der Waals surface area contributed by atoms with Gasteiger partial charge in [-0.25, -0.2) is 4.98 Å². The molecule has 8 nitrogen and oxygen atoms in total. The van der Waals surface area contributed by atoms with Crippen LogP contribution in [-0.4, -0.2) is 45.7 Å². The number of aromatic nitrogens is 2. The van der Waals surface area contributed by atoms with Gasteiger partial charge in [-0.15, -0.1) is 36.2 Å². The monoisotopic (exact) mass is 615 g/mol. The van der Waals surface area contributed by atoms with E-state index in [1.165, 1.54) is 35.4 Å². The van der Waals surface area contributed by atoms with E-state index < -0.39 is 23.7 Å². The molecule has 0 radical (unpaired) electrons. The lowest BCUT2D eigenvalue weighted by Crippen LogP contribution is -2.42. The molecule has 2 aliphatic heterocycles. The Morgan fingerprint density at radius 1 is 1.20 bits per heavy atom. The summed E-state index contributed by atoms with van der Waals surface area (Å²) in [5.74, 6) is -2.34. The molecule has 3 N–H and O–H groups in total. The van der Waals surface area contributed by atoms with Crippen LogP contribution in [0.25, 0.3) is 21.5 Å². The number of nitrogens with zero attached hydrogens (tertiary/aromatic N) is 3. The standard InChI is InChI=1S/C26H24F3N5O3S.2ClH/c1-10-15(11-7-31-8-11)21(26(27,28)29)33-19(16(10)22(30)35)13-4-5-32-14-6-12(38-20(13)14)9-34-23(36)17-18(24(34)37)25(17,2)3;;/h4-6,11,17-18,31H,7-9H2,1-3H3,(H2,30,35);2*1H. The van der Waals surface area contributed by atoms with Crippen molar-refractivity contribution >= 4 is 64.1 Å². The quantitative estimate of drug-likeness (QED) is 0.409. The summed E-state index contributed by atoms with van der Waals surface area (Å²) in [6.45, 7) is 6.03. The van der Waals surface area contributed by atoms with Gasteiger partial charge in [-0.1, -0.05) is 13.8 Å². The molecule has 3 aliphatic rings. The molecule has 5 heterocycles. The molecular weight excluding hydrogens is 590 g/mol. The molecule has 40 heavy (non-hydrogen) atoms. The van der Waals surface area contributed by atoms with Crippen molar-refractivity contribution in [3.8, 4) is 11.3 Å². The zero-order valence-electron chi connectivity index (χ0n) is 21.6. The fourth-order valence-corrected chi connectivity index (χ4v) is 7.11. The maximum atomic E-state index is 14.2. The van der Waals surface area contributed by atoms with Gasteiger partial charge in [0.2, 0.25) is 11.8 Å². The number of hydrogen-bond acceptors (Lipinski definition) is 7. The smallest absolute Gasteiger partial charge is 0.366 e. The molecule has 0 bridgehead atoms. The minimum atomic E-state index is -4.74. The number of primary amides is 1. The van der Waals surface area contributed by atoms with Crippen molar-refractivity contribution in [2.75, 3.05) is 13.1 Å². The summed E-state index contributed by atoms with van der Waals surface area (Å²) < 4.78 is 43.1. The number of imide groups is 1. The molecule has 2 unspecified atom stereocenters. The molecule has 214 valence electrons. The number of halogens is 5. The number of thiophene rings is 1. The van der Waals surface area contributed by atoms with Crippen LogP contribution >= 0.6 is 36.2 Å². The number of pyridine rings is 2. The van der Waals surface area contributed by atoms with E-state index in [0.29, 0.717) is 28.2 Å². The zero-order valence-corrected chi connectivity index (χ0v) is 24.0. The molecule has 3 amide bonds. The molecule has 1 saturated carbocycles. The number of carbonyl (C=O) groups excluding carboxylic acids is 3. The average Bonchev–Trinajstić information content (AvgIpc) is 3.04. The molecule has 1 aliphatic carbocycles. The highest BCUT2D eigenvalue weighted by Gasteiger charge is 2.72. The van der Waals surface area contributed by atoms with E-state index in [2.05, 4.69) is 15.3 Å². The number of alkyl halides is 3. The Balaban J connectivity index is 0.00000185. The highest BCUT2D eigenvalue weighted by molar-refractivity contribution is 7.19. The van der Waals surface area contributed by atoms with Crippen molar-refractivity contribution in [3.63, 3.8) is 0 Å². The van der Waals surface area contributed by atoms with Crippen molar-refractivity contribution in [1.82, 2.24) is 20.2 Å². The van der Waals surface area contributed by atoms with Crippen molar-refractivity contribution in [1.29, 1.82) is 0 Å². The van der Waals surface area contributed by atoms with E-state index in [9.17, 15) is 27.6 Å². The first-order valence-electron chi connectivity index (χ1n) is 12.2. The third kappa shape index (κ3) is 4.36. The fraction of sp³-hybridized carbons (Fsp3) is 0.423. The Bertz CT molecular complexity index is 1550. The Hall–Kier alpha value is -2.80. The van der Waals surface area contributed by atoms with Crippen LogP contribution in [0.5, 0.6) is 0 Å². The predicted molar refractivity (Wildman–Crippen MR) is 148 cm³/mol. The van der Waals surface area contributed by atoms with Crippen LogP contribution in [0.2, 0.25) is 0 Å². The maximum absolute atomic E-state index is 14.2. The van der Waals surface area contributed by atoms with Gasteiger partial charge in [-0.05, 0) is 35.6 Å². The first-order chi connectivity index (χ1) is 17.8. The maximum Gasteiger partial charge on any atom is 0.433 e. The average molecular weight is 616 g/mol. The molecular formula is C26H26Cl2F3N5O3S. The molecule has 2 saturated heterocycles. The van der Waals surface area contributed by atoms with E-state index in [4.69, 9.17) is 5.73 Å². The second-order valence-electron chi connectivity index (χ2n) is 10.8. The molecule has 2 atom stereocenters. The van der Waals surface area contributed by atoms with E-state index >= 15 is 0 Å². The number of likely N-dealkylation sites (tertiary alicyclic amines) is 1. The summed E-state index contributed by atoms with van der Waals surface area (Å²) in [6, 6.07) is 3.21. The number of amides is 3. The summed E-state index contributed by atoms with van der Waals surface area (Å²) >= 11 is 1.20. The van der Waals surface area contributed by atoms with Crippen molar-refractivity contribution in [2.24, 2.45) is 23.0 Å². The summed E-state index contributed by atoms with van der Waals surface area (Å²) in [4.78, 5) is 48.4. The zero-order chi connectivity index (χ0) is 27.3. The number of hydrogen-bond donors (Lipinski definition) is 2. The first-order valence-corrected chi connectivity index (χ1v) is 13.0. The molecule has 3 aromatic rings. The topological polar surface area (TPSA) is 118 Å². The summed E-state index contributed by atoms with van der Waals surface area (Å²) in [5.41, 5.74) is 5.02. The number of nitrogens with one attached hydrogen (secondary N) is 1. The summed E-state index contributed by atoms with van der Waals surface area (Å²) in [6.07, 6.45) is -3.31. The van der Waals surface area contributed by atoms with E-state index in [-0.39, 0.29) is 88.4 Å². The van der Waals surface area contributed by atoms with Crippen molar-refractivity contribution < 1.29 is 27.6 Å². The Labute approximate surface area is 243 Å². The van der Waals surface area contributed by atoms with Gasteiger partial charge < -0.3 is 11.1 Å². The van der Waals surface area contributed by atoms with Gasteiger partial charge in [-0.2, -0.15) is 13.2 Å². The van der Waals surface area contributed by atoms with Crippen LogP contribution in [0.15, 0.2) is 18.3 Å². The Morgan fingerprint density at radius 3 is 2.35 bits per heavy atom. The molecule has 0 spiro atoms. The van der Waals surface area contributed by atoms with Crippen LogP contribution in [0.4, 0.5) is 13.2 Å². The van der Waals surface area contributed by atoms with Gasteiger partial charge in [0.05, 0.1) is 39.9 Å². The highest BCUT2D eigenvalue weighted by atomic mass is 35.5. The van der Waals surface area contributed by atoms with Gasteiger partial charge in [-0.3, -0.25) is 24.3 Å². The van der Waals surface area contributed by atoms with E-state index in [0.717, 1.165) is 0 Å². The number of carbonyl (C=O) groups is 3. The van der Waals surface area contributed by atoms with Gasteiger partial charge in [0.15, 0.2) is 0 Å². The van der Waals surface area contributed by atoms with Gasteiger partial charge >= 0.3 is 6.18 Å². The largest absolute Gasteiger partial charge is 0.433 e. The minimum Gasteiger partial charge on any atom is -0.366 e. The lowest BCUT2D eigenvalue weighted by atomic mass is 9.85. The molecule has 6 rings (SSSR count). The molecule has 3 aromatic heterocycles. The number of piperidine rings is 1. The van der Waals surface area contributed by atoms with E-state index in [1.807, 2.05) is 13.8 Å². The predicted octanol–water partition coefficient (Wildman–Crippen LogP) is 4.46. The number of fused-ring (bicyclic) bond motifs is 2. The van der Waals surface area contributed by atoms with E-state index in [1.54, 1.807) is 6.07 Å². The summed E-state index contributed by atoms with van der Waals surface area (Å²) in [5, 5.41) is 2.96. The fourth-order valence-electron chi connectivity index (χ4n) is 5.99. The normalized spacial score (nSPS) is 21.5. The second kappa shape index (κ2) is 9.93. The lowest BCUT2D eigenvalue weighted by molar-refractivity contribution is -0.144. The number of rotatable bonds is 5. The lowest BCUT2D eigenvalue weighted by Gasteiger charge is -2.32. The number of nitrogens with two attached hydrogens (primary N) is 1. The van der Waals surface area contributed by atoms with Crippen LogP contribution in [0.1, 0.15) is 51.8 Å². The molecule has 0 aromatic carbocycles. The third-order valence-corrected chi connectivity index (χ3v) is 9.27. The first kappa shape index (κ1) is 30.2. The molecule has 14 heteroatoms. The SMILES string of the molecule is Cc1c(C(N)=O)c(-c2ccnc3cc(CN4C(=O)C5C(C4=O)C5(C)C)sc23)nc(C(F)(F)F)c1C1CNC1.Cl.Cl. The van der Waals surface area contributed by atoms with Gasteiger partial charge in [0, 0.05) is 35.6 Å². The Morgan fingerprint density at radius 2 is 1.82 bits per heavy atom. The van der Waals surface area contributed by atoms with Crippen LogP contribution in [0, 0.1) is 24.2 Å². The van der Waals surface area contributed by atoms with Crippen molar-refractivity contribution in [2.45, 2.75) is 39.4 Å². The minimum absolute atomic E-state index is 0. The van der Waals surface area contributed by atoms with Gasteiger partial charge in [0.25, 0.3) is 5.91 Å². The highest BCUT2D eigenvalue weighted by Crippen LogP contribution is 2.63.